The Morgan fingerprint density at radius 3 is 2.47 bits per heavy atom. The van der Waals surface area contributed by atoms with Crippen LogP contribution in [0.5, 0.6) is 0 Å². The number of hydrogen-bond acceptors (Lipinski definition) is 2. The van der Waals surface area contributed by atoms with Gasteiger partial charge in [0.2, 0.25) is 0 Å². The monoisotopic (exact) mass is 278 g/mol. The Hall–Kier alpha value is -1.42. The number of benzene rings is 2. The summed E-state index contributed by atoms with van der Waals surface area (Å²) in [7, 11) is 0. The third kappa shape index (κ3) is 2.95. The van der Waals surface area contributed by atoms with E-state index in [9.17, 15) is 4.39 Å². The van der Waals surface area contributed by atoms with Crippen molar-refractivity contribution in [1.82, 2.24) is 5.43 Å². The first-order valence-corrected chi connectivity index (χ1v) is 6.39. The molecule has 0 saturated carbocycles. The molecule has 19 heavy (non-hydrogen) atoms. The third-order valence-corrected chi connectivity index (χ3v) is 3.48. The van der Waals surface area contributed by atoms with Gasteiger partial charge in [-0.25, -0.2) is 9.82 Å². The summed E-state index contributed by atoms with van der Waals surface area (Å²) in [5, 5.41) is 0.643. The molecule has 0 fully saturated rings. The molecule has 2 rings (SSSR count). The Labute approximate surface area is 117 Å². The molecule has 0 amide bonds. The van der Waals surface area contributed by atoms with E-state index in [1.165, 1.54) is 6.07 Å². The molecule has 0 aromatic heterocycles. The Morgan fingerprint density at radius 1 is 1.16 bits per heavy atom. The summed E-state index contributed by atoms with van der Waals surface area (Å²) < 4.78 is 13.3. The highest BCUT2D eigenvalue weighted by Gasteiger charge is 2.16. The van der Waals surface area contributed by atoms with Gasteiger partial charge in [-0.2, -0.15) is 0 Å². The lowest BCUT2D eigenvalue weighted by molar-refractivity contribution is 0.608. The maximum absolute atomic E-state index is 13.3. The van der Waals surface area contributed by atoms with Crippen molar-refractivity contribution >= 4 is 11.6 Å². The molecule has 1 atom stereocenters. The van der Waals surface area contributed by atoms with E-state index in [0.29, 0.717) is 10.6 Å². The Balaban J connectivity index is 2.46. The molecule has 2 aromatic rings. The van der Waals surface area contributed by atoms with Gasteiger partial charge >= 0.3 is 0 Å². The normalized spacial score (nSPS) is 12.5. The van der Waals surface area contributed by atoms with E-state index in [4.69, 9.17) is 17.4 Å². The molecular weight excluding hydrogens is 263 g/mol. The van der Waals surface area contributed by atoms with Crippen LogP contribution in [0.2, 0.25) is 5.02 Å². The van der Waals surface area contributed by atoms with Crippen LogP contribution < -0.4 is 11.3 Å². The number of nitrogens with one attached hydrogen (secondary N) is 1. The largest absolute Gasteiger partial charge is 0.271 e. The molecule has 100 valence electrons. The lowest BCUT2D eigenvalue weighted by Gasteiger charge is -2.19. The van der Waals surface area contributed by atoms with E-state index < -0.39 is 0 Å². The fourth-order valence-electron chi connectivity index (χ4n) is 2.08. The topological polar surface area (TPSA) is 38.0 Å². The smallest absolute Gasteiger partial charge is 0.126 e. The van der Waals surface area contributed by atoms with Crippen LogP contribution in [-0.2, 0) is 0 Å². The second-order valence-corrected chi connectivity index (χ2v) is 5.04. The van der Waals surface area contributed by atoms with Crippen LogP contribution in [0.15, 0.2) is 36.4 Å². The van der Waals surface area contributed by atoms with Crippen molar-refractivity contribution in [2.75, 3.05) is 0 Å². The summed E-state index contributed by atoms with van der Waals surface area (Å²) in [6.07, 6.45) is 0. The zero-order chi connectivity index (χ0) is 14.0. The fourth-order valence-corrected chi connectivity index (χ4v) is 2.42. The standard InChI is InChI=1S/C15H16ClFN2/c1-9-3-5-12(13(16)7-9)15(19-18)11-4-6-14(17)10(2)8-11/h3-8,15,19H,18H2,1-2H3. The molecule has 0 aliphatic rings. The zero-order valence-electron chi connectivity index (χ0n) is 10.9. The molecule has 0 aliphatic heterocycles. The van der Waals surface area contributed by atoms with Crippen LogP contribution in [0.3, 0.4) is 0 Å². The van der Waals surface area contributed by atoms with Crippen molar-refractivity contribution in [1.29, 1.82) is 0 Å². The van der Waals surface area contributed by atoms with Crippen molar-refractivity contribution in [3.63, 3.8) is 0 Å². The fraction of sp³-hybridized carbons (Fsp3) is 0.200. The Bertz CT molecular complexity index is 599. The SMILES string of the molecule is Cc1ccc(C(NN)c2ccc(F)c(C)c2)c(Cl)c1. The summed E-state index contributed by atoms with van der Waals surface area (Å²) >= 11 is 6.25. The van der Waals surface area contributed by atoms with Gasteiger partial charge in [-0.3, -0.25) is 5.84 Å². The highest BCUT2D eigenvalue weighted by molar-refractivity contribution is 6.31. The number of hydrogen-bond donors (Lipinski definition) is 2. The molecule has 0 saturated heterocycles. The van der Waals surface area contributed by atoms with Gasteiger partial charge in [0.05, 0.1) is 6.04 Å². The molecule has 0 bridgehead atoms. The van der Waals surface area contributed by atoms with Crippen LogP contribution in [0.4, 0.5) is 4.39 Å². The van der Waals surface area contributed by atoms with Crippen LogP contribution in [-0.4, -0.2) is 0 Å². The van der Waals surface area contributed by atoms with Crippen molar-refractivity contribution in [2.45, 2.75) is 19.9 Å². The average Bonchev–Trinajstić information content (AvgIpc) is 2.37. The summed E-state index contributed by atoms with van der Waals surface area (Å²) in [6.45, 7) is 3.70. The first-order valence-electron chi connectivity index (χ1n) is 6.01. The van der Waals surface area contributed by atoms with Gasteiger partial charge in [0.1, 0.15) is 5.82 Å². The summed E-state index contributed by atoms with van der Waals surface area (Å²) in [6, 6.07) is 10.5. The first kappa shape index (κ1) is 14.0. The van der Waals surface area contributed by atoms with E-state index >= 15 is 0 Å². The highest BCUT2D eigenvalue weighted by atomic mass is 35.5. The zero-order valence-corrected chi connectivity index (χ0v) is 11.6. The average molecular weight is 279 g/mol. The van der Waals surface area contributed by atoms with Gasteiger partial charge < -0.3 is 0 Å². The summed E-state index contributed by atoms with van der Waals surface area (Å²) in [5.74, 6) is 5.40. The second kappa shape index (κ2) is 5.70. The van der Waals surface area contributed by atoms with E-state index in [-0.39, 0.29) is 11.9 Å². The van der Waals surface area contributed by atoms with Crippen LogP contribution in [0.1, 0.15) is 28.3 Å². The number of halogens is 2. The van der Waals surface area contributed by atoms with Gasteiger partial charge in [-0.15, -0.1) is 0 Å². The van der Waals surface area contributed by atoms with E-state index in [0.717, 1.165) is 16.7 Å². The van der Waals surface area contributed by atoms with Crippen LogP contribution in [0, 0.1) is 19.7 Å². The maximum atomic E-state index is 13.3. The van der Waals surface area contributed by atoms with Crippen molar-refractivity contribution < 1.29 is 4.39 Å². The minimum atomic E-state index is -0.257. The molecular formula is C15H16ClFN2. The van der Waals surface area contributed by atoms with Gasteiger partial charge in [-0.1, -0.05) is 35.9 Å². The van der Waals surface area contributed by atoms with Gasteiger partial charge in [0.25, 0.3) is 0 Å². The predicted molar refractivity (Wildman–Crippen MR) is 76.5 cm³/mol. The first-order chi connectivity index (χ1) is 9.02. The van der Waals surface area contributed by atoms with E-state index in [1.807, 2.05) is 25.1 Å². The van der Waals surface area contributed by atoms with Gasteiger partial charge in [0, 0.05) is 5.02 Å². The number of hydrazine groups is 1. The molecule has 2 aromatic carbocycles. The number of nitrogens with two attached hydrogens (primary N) is 1. The van der Waals surface area contributed by atoms with Crippen LogP contribution in [0.25, 0.3) is 0 Å². The van der Waals surface area contributed by atoms with Crippen molar-refractivity contribution in [3.8, 4) is 0 Å². The van der Waals surface area contributed by atoms with Gasteiger partial charge in [0.15, 0.2) is 0 Å². The lowest BCUT2D eigenvalue weighted by atomic mass is 9.97. The number of rotatable bonds is 3. The van der Waals surface area contributed by atoms with Gasteiger partial charge in [-0.05, 0) is 48.2 Å². The van der Waals surface area contributed by atoms with E-state index in [1.54, 1.807) is 19.1 Å². The molecule has 1 unspecified atom stereocenters. The molecule has 3 N–H and O–H groups in total. The Morgan fingerprint density at radius 2 is 1.89 bits per heavy atom. The van der Waals surface area contributed by atoms with Crippen molar-refractivity contribution in [3.05, 3.63) is 69.5 Å². The third-order valence-electron chi connectivity index (χ3n) is 3.15. The van der Waals surface area contributed by atoms with E-state index in [2.05, 4.69) is 5.43 Å². The molecule has 4 heteroatoms. The molecule has 0 aliphatic carbocycles. The highest BCUT2D eigenvalue weighted by Crippen LogP contribution is 2.29. The lowest BCUT2D eigenvalue weighted by Crippen LogP contribution is -2.29. The molecule has 0 heterocycles. The second-order valence-electron chi connectivity index (χ2n) is 4.63. The number of aryl methyl sites for hydroxylation is 2. The quantitative estimate of drug-likeness (QED) is 0.664. The maximum Gasteiger partial charge on any atom is 0.126 e. The molecule has 0 radical (unpaired) electrons. The summed E-state index contributed by atoms with van der Waals surface area (Å²) in [5.41, 5.74) is 6.16. The molecule has 2 nitrogen and oxygen atoms in total. The minimum Gasteiger partial charge on any atom is -0.271 e. The van der Waals surface area contributed by atoms with Crippen molar-refractivity contribution in [2.24, 2.45) is 5.84 Å². The molecule has 0 spiro atoms. The predicted octanol–water partition coefficient (Wildman–Crippen LogP) is 3.65. The minimum absolute atomic E-state index is 0.227. The Kier molecular flexibility index (Phi) is 4.20. The summed E-state index contributed by atoms with van der Waals surface area (Å²) in [4.78, 5) is 0. The van der Waals surface area contributed by atoms with Crippen LogP contribution >= 0.6 is 11.6 Å².